The van der Waals surface area contributed by atoms with Gasteiger partial charge in [-0.25, -0.2) is 15.0 Å². The van der Waals surface area contributed by atoms with Crippen molar-refractivity contribution in [1.29, 1.82) is 0 Å². The van der Waals surface area contributed by atoms with Crippen LogP contribution in [-0.4, -0.2) is 44.7 Å². The van der Waals surface area contributed by atoms with E-state index in [1.807, 2.05) is 4.57 Å². The highest BCUT2D eigenvalue weighted by atomic mass is 35.5. The third kappa shape index (κ3) is 3.48. The van der Waals surface area contributed by atoms with Gasteiger partial charge in [0.1, 0.15) is 11.8 Å². The molecule has 0 unspecified atom stereocenters. The van der Waals surface area contributed by atoms with E-state index in [2.05, 4.69) is 15.0 Å². The summed E-state index contributed by atoms with van der Waals surface area (Å²) in [6.45, 7) is 4.77. The number of ether oxygens (including phenoxy) is 1. The Hall–Kier alpha value is -1.05. The summed E-state index contributed by atoms with van der Waals surface area (Å²) in [5, 5.41) is 0.321. The van der Waals surface area contributed by atoms with E-state index in [0.29, 0.717) is 42.5 Å². The minimum Gasteiger partial charge on any atom is -0.360 e. The smallest absolute Gasteiger partial charge is 0.359 e. The molecular formula is C14H20ClN4O4P. The van der Waals surface area contributed by atoms with Crippen LogP contribution in [0, 0.1) is 0 Å². The minimum absolute atomic E-state index is 0.115. The second-order valence-corrected chi connectivity index (χ2v) is 7.93. The molecule has 10 heteroatoms. The fourth-order valence-electron chi connectivity index (χ4n) is 2.82. The molecule has 0 radical (unpaired) electrons. The fraction of sp³-hybridized carbons (Fsp3) is 0.643. The Kier molecular flexibility index (Phi) is 5.52. The predicted octanol–water partition coefficient (Wildman–Crippen LogP) is 3.25. The summed E-state index contributed by atoms with van der Waals surface area (Å²) >= 11 is 6.01. The average Bonchev–Trinajstić information content (AvgIpc) is 3.17. The van der Waals surface area contributed by atoms with Crippen molar-refractivity contribution in [2.45, 2.75) is 45.2 Å². The van der Waals surface area contributed by atoms with Crippen molar-refractivity contribution in [2.75, 3.05) is 13.2 Å². The number of halogens is 1. The number of aromatic nitrogens is 4. The number of fused-ring (bicyclic) bond motifs is 1. The summed E-state index contributed by atoms with van der Waals surface area (Å²) in [7, 11) is -3.24. The first-order valence-corrected chi connectivity index (χ1v) is 9.92. The van der Waals surface area contributed by atoms with Gasteiger partial charge in [0, 0.05) is 0 Å². The van der Waals surface area contributed by atoms with E-state index in [1.165, 1.54) is 6.33 Å². The highest BCUT2D eigenvalue weighted by Gasteiger charge is 2.42. The second-order valence-electron chi connectivity index (χ2n) is 5.40. The van der Waals surface area contributed by atoms with Crippen LogP contribution in [0.5, 0.6) is 0 Å². The topological polar surface area (TPSA) is 88.4 Å². The second kappa shape index (κ2) is 7.45. The van der Waals surface area contributed by atoms with Crippen molar-refractivity contribution in [3.8, 4) is 0 Å². The zero-order valence-electron chi connectivity index (χ0n) is 13.6. The molecule has 2 atom stereocenters. The van der Waals surface area contributed by atoms with Gasteiger partial charge in [-0.3, -0.25) is 4.57 Å². The van der Waals surface area contributed by atoms with Crippen LogP contribution in [0.25, 0.3) is 11.2 Å². The van der Waals surface area contributed by atoms with Crippen LogP contribution in [0.2, 0.25) is 5.15 Å². The lowest BCUT2D eigenvalue weighted by atomic mass is 10.2. The maximum Gasteiger partial charge on any atom is 0.359 e. The highest BCUT2D eigenvalue weighted by molar-refractivity contribution is 7.54. The molecule has 3 heterocycles. The molecule has 0 aromatic carbocycles. The molecule has 0 amide bonds. The van der Waals surface area contributed by atoms with Crippen molar-refractivity contribution >= 4 is 30.4 Å². The van der Waals surface area contributed by atoms with Gasteiger partial charge in [0.05, 0.1) is 32.2 Å². The molecule has 0 spiro atoms. The zero-order valence-corrected chi connectivity index (χ0v) is 15.2. The molecule has 0 N–H and O–H groups in total. The van der Waals surface area contributed by atoms with E-state index in [4.69, 9.17) is 25.4 Å². The van der Waals surface area contributed by atoms with Gasteiger partial charge < -0.3 is 18.4 Å². The largest absolute Gasteiger partial charge is 0.360 e. The van der Waals surface area contributed by atoms with E-state index in [1.54, 1.807) is 20.2 Å². The first-order chi connectivity index (χ1) is 11.6. The normalized spacial score (nSPS) is 21.6. The Morgan fingerprint density at radius 3 is 2.75 bits per heavy atom. The van der Waals surface area contributed by atoms with Gasteiger partial charge in [0.15, 0.2) is 16.6 Å². The molecule has 0 saturated carbocycles. The van der Waals surface area contributed by atoms with Gasteiger partial charge in [-0.05, 0) is 26.7 Å². The summed E-state index contributed by atoms with van der Waals surface area (Å²) in [5.74, 6) is -0.532. The van der Waals surface area contributed by atoms with Gasteiger partial charge in [0.25, 0.3) is 0 Å². The average molecular weight is 375 g/mol. The summed E-state index contributed by atoms with van der Waals surface area (Å²) in [5.41, 5.74) is 1.21. The maximum atomic E-state index is 12.8. The predicted molar refractivity (Wildman–Crippen MR) is 89.1 cm³/mol. The van der Waals surface area contributed by atoms with E-state index >= 15 is 0 Å². The zero-order chi connectivity index (χ0) is 17.2. The van der Waals surface area contributed by atoms with Crippen molar-refractivity contribution in [3.05, 3.63) is 17.8 Å². The summed E-state index contributed by atoms with van der Waals surface area (Å²) in [6, 6.07) is 0. The van der Waals surface area contributed by atoms with Crippen LogP contribution >= 0.6 is 19.2 Å². The fourth-order valence-corrected chi connectivity index (χ4v) is 4.91. The Balaban J connectivity index is 1.71. The van der Waals surface area contributed by atoms with E-state index < -0.39 is 13.4 Å². The van der Waals surface area contributed by atoms with E-state index in [9.17, 15) is 4.57 Å². The highest BCUT2D eigenvalue weighted by Crippen LogP contribution is 2.57. The molecule has 132 valence electrons. The molecule has 24 heavy (non-hydrogen) atoms. The molecule has 0 aliphatic carbocycles. The molecule has 1 fully saturated rings. The van der Waals surface area contributed by atoms with E-state index in [-0.39, 0.29) is 6.10 Å². The molecule has 8 nitrogen and oxygen atoms in total. The van der Waals surface area contributed by atoms with Gasteiger partial charge >= 0.3 is 7.60 Å². The number of hydrogen-bond donors (Lipinski definition) is 0. The standard InChI is InChI=1S/C14H20ClN4O4P/c1-3-21-24(20,22-4-2)11-6-5-10(23-11)7-19-9-18-12-13(15)16-8-17-14(12)19/h8-11H,3-7H2,1-2H3/t10-,11+/m0/s1. The first-order valence-electron chi connectivity index (χ1n) is 7.93. The Morgan fingerprint density at radius 2 is 2.04 bits per heavy atom. The number of hydrogen-bond acceptors (Lipinski definition) is 7. The maximum absolute atomic E-state index is 12.8. The quantitative estimate of drug-likeness (QED) is 0.543. The van der Waals surface area contributed by atoms with Gasteiger partial charge in [-0.15, -0.1) is 0 Å². The molecule has 2 aromatic rings. The Bertz CT molecular complexity index is 745. The molecule has 3 rings (SSSR count). The number of rotatable bonds is 7. The number of nitrogens with zero attached hydrogens (tertiary/aromatic N) is 4. The van der Waals surface area contributed by atoms with Crippen molar-refractivity contribution in [2.24, 2.45) is 0 Å². The van der Waals surface area contributed by atoms with Gasteiger partial charge in [0.2, 0.25) is 0 Å². The van der Waals surface area contributed by atoms with Crippen LogP contribution in [-0.2, 0) is 24.9 Å². The van der Waals surface area contributed by atoms with E-state index in [0.717, 1.165) is 6.42 Å². The Labute approximate surface area is 145 Å². The molecule has 0 bridgehead atoms. The van der Waals surface area contributed by atoms with Crippen molar-refractivity contribution in [3.63, 3.8) is 0 Å². The van der Waals surface area contributed by atoms with Crippen LogP contribution < -0.4 is 0 Å². The molecule has 2 aromatic heterocycles. The third-order valence-corrected chi connectivity index (χ3v) is 6.41. The third-order valence-electron chi connectivity index (χ3n) is 3.81. The SMILES string of the molecule is CCOP(=O)(OCC)[C@@H]1CC[C@@H](Cn2cnc3c(Cl)ncnc32)O1. The van der Waals surface area contributed by atoms with Crippen molar-refractivity contribution < 1.29 is 18.3 Å². The van der Waals surface area contributed by atoms with Crippen LogP contribution in [0.15, 0.2) is 12.7 Å². The molecule has 1 aliphatic heterocycles. The summed E-state index contributed by atoms with van der Waals surface area (Å²) in [6.07, 6.45) is 4.33. The monoisotopic (exact) mass is 374 g/mol. The lowest BCUT2D eigenvalue weighted by Gasteiger charge is -2.23. The molecule has 1 aliphatic rings. The van der Waals surface area contributed by atoms with Crippen LogP contribution in [0.1, 0.15) is 26.7 Å². The van der Waals surface area contributed by atoms with Gasteiger partial charge in [-0.1, -0.05) is 11.6 Å². The lowest BCUT2D eigenvalue weighted by molar-refractivity contribution is 0.0520. The van der Waals surface area contributed by atoms with Crippen molar-refractivity contribution in [1.82, 2.24) is 19.5 Å². The Morgan fingerprint density at radius 1 is 1.29 bits per heavy atom. The lowest BCUT2D eigenvalue weighted by Crippen LogP contribution is -2.19. The van der Waals surface area contributed by atoms with Crippen LogP contribution in [0.4, 0.5) is 0 Å². The minimum atomic E-state index is -3.24. The molecule has 1 saturated heterocycles. The summed E-state index contributed by atoms with van der Waals surface area (Å²) < 4.78 is 31.4. The first kappa shape index (κ1) is 17.8. The van der Waals surface area contributed by atoms with Crippen LogP contribution in [0.3, 0.4) is 0 Å². The molecular weight excluding hydrogens is 355 g/mol. The summed E-state index contributed by atoms with van der Waals surface area (Å²) in [4.78, 5) is 12.4. The van der Waals surface area contributed by atoms with Gasteiger partial charge in [-0.2, -0.15) is 0 Å². The number of imidazole rings is 1.